The maximum absolute atomic E-state index is 11.9. The quantitative estimate of drug-likeness (QED) is 0.532. The summed E-state index contributed by atoms with van der Waals surface area (Å²) in [4.78, 5) is 34.8. The van der Waals surface area contributed by atoms with Gasteiger partial charge in [-0.3, -0.25) is 4.79 Å². The number of carbonyl (C=O) groups is 1. The van der Waals surface area contributed by atoms with Gasteiger partial charge in [-0.05, 0) is 36.8 Å². The van der Waals surface area contributed by atoms with E-state index >= 15 is 0 Å². The first-order chi connectivity index (χ1) is 13.9. The molecule has 2 heterocycles. The lowest BCUT2D eigenvalue weighted by Gasteiger charge is -2.10. The second kappa shape index (κ2) is 7.27. The molecule has 0 bridgehead atoms. The molecule has 4 aromatic rings. The summed E-state index contributed by atoms with van der Waals surface area (Å²) in [7, 11) is 0. The molecule has 0 fully saturated rings. The van der Waals surface area contributed by atoms with Gasteiger partial charge < -0.3 is 18.9 Å². The minimum atomic E-state index is -0.517. The van der Waals surface area contributed by atoms with E-state index in [1.54, 1.807) is 30.3 Å². The molecule has 146 valence electrons. The van der Waals surface area contributed by atoms with Crippen LogP contribution in [0.3, 0.4) is 0 Å². The first kappa shape index (κ1) is 18.5. The third kappa shape index (κ3) is 3.89. The number of ether oxygens (including phenoxy) is 1. The van der Waals surface area contributed by atoms with Crippen molar-refractivity contribution in [3.63, 3.8) is 0 Å². The third-order valence-corrected chi connectivity index (χ3v) is 4.47. The van der Waals surface area contributed by atoms with Crippen LogP contribution in [0.1, 0.15) is 18.1 Å². The summed E-state index contributed by atoms with van der Waals surface area (Å²) in [6, 6.07) is 13.1. The van der Waals surface area contributed by atoms with Crippen molar-refractivity contribution in [2.75, 3.05) is 5.32 Å². The van der Waals surface area contributed by atoms with Gasteiger partial charge in [-0.25, -0.2) is 9.59 Å². The van der Waals surface area contributed by atoms with E-state index < -0.39 is 11.3 Å². The topological polar surface area (TPSA) is 98.7 Å². The normalized spacial score (nSPS) is 11.0. The number of hydrogen-bond acceptors (Lipinski definition) is 6. The lowest BCUT2D eigenvalue weighted by Crippen LogP contribution is -2.07. The molecule has 0 aliphatic heterocycles. The molecule has 1 amide bonds. The number of nitrogens with one attached hydrogen (secondary N) is 1. The number of aryl methyl sites for hydroxylation is 1. The largest absolute Gasteiger partial charge is 0.489 e. The second-order valence-corrected chi connectivity index (χ2v) is 6.68. The van der Waals surface area contributed by atoms with Gasteiger partial charge in [-0.15, -0.1) is 0 Å². The average molecular weight is 391 g/mol. The Morgan fingerprint density at radius 3 is 2.38 bits per heavy atom. The van der Waals surface area contributed by atoms with Crippen LogP contribution in [0.15, 0.2) is 67.0 Å². The first-order valence-electron chi connectivity index (χ1n) is 8.91. The van der Waals surface area contributed by atoms with Crippen molar-refractivity contribution in [3.8, 4) is 5.75 Å². The van der Waals surface area contributed by atoms with Gasteiger partial charge >= 0.3 is 11.3 Å². The molecule has 4 rings (SSSR count). The molecule has 0 aliphatic carbocycles. The fourth-order valence-corrected chi connectivity index (χ4v) is 3.19. The van der Waals surface area contributed by atoms with Crippen molar-refractivity contribution in [2.24, 2.45) is 0 Å². The van der Waals surface area contributed by atoms with Crippen LogP contribution < -0.4 is 21.3 Å². The Hall–Kier alpha value is -3.87. The van der Waals surface area contributed by atoms with Crippen LogP contribution in [0.25, 0.3) is 21.9 Å². The van der Waals surface area contributed by atoms with Crippen molar-refractivity contribution in [2.45, 2.75) is 20.5 Å². The fourth-order valence-electron chi connectivity index (χ4n) is 3.19. The van der Waals surface area contributed by atoms with Crippen molar-refractivity contribution in [3.05, 3.63) is 80.5 Å². The van der Waals surface area contributed by atoms with E-state index in [-0.39, 0.29) is 12.5 Å². The van der Waals surface area contributed by atoms with E-state index in [1.807, 2.05) is 13.0 Å². The summed E-state index contributed by atoms with van der Waals surface area (Å²) >= 11 is 0. The molecule has 2 aromatic heterocycles. The molecule has 1 N–H and O–H groups in total. The molecule has 2 aromatic carbocycles. The van der Waals surface area contributed by atoms with Crippen LogP contribution in [-0.2, 0) is 11.4 Å². The molecule has 0 saturated heterocycles. The van der Waals surface area contributed by atoms with Crippen molar-refractivity contribution >= 4 is 33.5 Å². The van der Waals surface area contributed by atoms with E-state index in [0.29, 0.717) is 33.6 Å². The van der Waals surface area contributed by atoms with E-state index in [1.165, 1.54) is 19.1 Å². The Balaban J connectivity index is 1.65. The predicted molar refractivity (Wildman–Crippen MR) is 108 cm³/mol. The van der Waals surface area contributed by atoms with Crippen LogP contribution in [0.4, 0.5) is 5.69 Å². The Morgan fingerprint density at radius 1 is 0.931 bits per heavy atom. The SMILES string of the molecule is CC(=O)Nc1ccc2c(COc3ccc4c(C)cc(=O)oc4c3)cc(=O)oc2c1. The van der Waals surface area contributed by atoms with Crippen LogP contribution in [0.2, 0.25) is 0 Å². The monoisotopic (exact) mass is 391 g/mol. The molecule has 0 unspecified atom stereocenters. The minimum Gasteiger partial charge on any atom is -0.489 e. The fraction of sp³-hybridized carbons (Fsp3) is 0.136. The van der Waals surface area contributed by atoms with E-state index in [4.69, 9.17) is 13.6 Å². The highest BCUT2D eigenvalue weighted by Crippen LogP contribution is 2.25. The van der Waals surface area contributed by atoms with E-state index in [2.05, 4.69) is 5.32 Å². The van der Waals surface area contributed by atoms with Crippen molar-refractivity contribution in [1.82, 2.24) is 0 Å². The van der Waals surface area contributed by atoms with Gasteiger partial charge in [0.15, 0.2) is 0 Å². The highest BCUT2D eigenvalue weighted by molar-refractivity contribution is 5.92. The Bertz CT molecular complexity index is 1370. The second-order valence-electron chi connectivity index (χ2n) is 6.68. The number of fused-ring (bicyclic) bond motifs is 2. The third-order valence-electron chi connectivity index (χ3n) is 4.47. The summed E-state index contributed by atoms with van der Waals surface area (Å²) in [5.41, 5.74) is 1.84. The minimum absolute atomic E-state index is 0.114. The van der Waals surface area contributed by atoms with Crippen molar-refractivity contribution < 1.29 is 18.4 Å². The van der Waals surface area contributed by atoms with Gasteiger partial charge in [-0.1, -0.05) is 0 Å². The molecule has 7 heteroatoms. The average Bonchev–Trinajstić information content (AvgIpc) is 2.64. The van der Waals surface area contributed by atoms with E-state index in [0.717, 1.165) is 10.9 Å². The highest BCUT2D eigenvalue weighted by atomic mass is 16.5. The smallest absolute Gasteiger partial charge is 0.336 e. The van der Waals surface area contributed by atoms with Crippen LogP contribution in [0, 0.1) is 6.92 Å². The van der Waals surface area contributed by atoms with E-state index in [9.17, 15) is 14.4 Å². The summed E-state index contributed by atoms with van der Waals surface area (Å²) in [6.07, 6.45) is 0. The summed E-state index contributed by atoms with van der Waals surface area (Å²) in [5.74, 6) is 0.284. The number of anilines is 1. The van der Waals surface area contributed by atoms with Gasteiger partial charge in [0.2, 0.25) is 5.91 Å². The molecule has 0 saturated carbocycles. The number of amides is 1. The highest BCUT2D eigenvalue weighted by Gasteiger charge is 2.09. The summed E-state index contributed by atoms with van der Waals surface area (Å²) in [5, 5.41) is 4.17. The lowest BCUT2D eigenvalue weighted by atomic mass is 10.1. The summed E-state index contributed by atoms with van der Waals surface area (Å²) in [6.45, 7) is 3.35. The zero-order valence-electron chi connectivity index (χ0n) is 15.8. The maximum atomic E-state index is 11.9. The molecular formula is C22H17NO6. The van der Waals surface area contributed by atoms with Gasteiger partial charge in [-0.2, -0.15) is 0 Å². The Morgan fingerprint density at radius 2 is 1.62 bits per heavy atom. The zero-order valence-corrected chi connectivity index (χ0v) is 15.8. The number of carbonyl (C=O) groups excluding carboxylic acids is 1. The van der Waals surface area contributed by atoms with Crippen LogP contribution >= 0.6 is 0 Å². The molecule has 0 spiro atoms. The maximum Gasteiger partial charge on any atom is 0.336 e. The Kier molecular flexibility index (Phi) is 4.64. The molecule has 0 aliphatic rings. The molecule has 0 atom stereocenters. The number of hydrogen-bond donors (Lipinski definition) is 1. The van der Waals surface area contributed by atoms with Gasteiger partial charge in [0.1, 0.15) is 23.5 Å². The van der Waals surface area contributed by atoms with Crippen molar-refractivity contribution in [1.29, 1.82) is 0 Å². The standard InChI is InChI=1S/C22H17NO6/c1-12-7-21(25)29-20-10-16(4-6-17(12)20)27-11-14-8-22(26)28-19-9-15(23-13(2)24)3-5-18(14)19/h3-10H,11H2,1-2H3,(H,23,24). The molecular weight excluding hydrogens is 374 g/mol. The predicted octanol–water partition coefficient (Wildman–Crippen LogP) is 3.75. The zero-order chi connectivity index (χ0) is 20.5. The van der Waals surface area contributed by atoms with Gasteiger partial charge in [0.25, 0.3) is 0 Å². The molecule has 0 radical (unpaired) electrons. The van der Waals surface area contributed by atoms with Gasteiger partial charge in [0, 0.05) is 53.2 Å². The van der Waals surface area contributed by atoms with Crippen LogP contribution in [0.5, 0.6) is 5.75 Å². The molecule has 7 nitrogen and oxygen atoms in total. The lowest BCUT2D eigenvalue weighted by molar-refractivity contribution is -0.114. The number of rotatable bonds is 4. The van der Waals surface area contributed by atoms with Crippen LogP contribution in [-0.4, -0.2) is 5.91 Å². The number of benzene rings is 2. The first-order valence-corrected chi connectivity index (χ1v) is 8.91. The molecule has 29 heavy (non-hydrogen) atoms. The Labute approximate surface area is 164 Å². The van der Waals surface area contributed by atoms with Gasteiger partial charge in [0.05, 0.1) is 0 Å². The summed E-state index contributed by atoms with van der Waals surface area (Å²) < 4.78 is 16.3.